The highest BCUT2D eigenvalue weighted by molar-refractivity contribution is 7.89. The molecule has 0 spiro atoms. The van der Waals surface area contributed by atoms with Gasteiger partial charge < -0.3 is 40.0 Å². The Morgan fingerprint density at radius 1 is 0.610 bits per heavy atom. The lowest BCUT2D eigenvalue weighted by Crippen LogP contribution is -2.43. The van der Waals surface area contributed by atoms with Crippen molar-refractivity contribution in [2.45, 2.75) is 25.7 Å². The number of hydrogen-bond acceptors (Lipinski definition) is 13. The molecule has 0 aliphatic carbocycles. The van der Waals surface area contributed by atoms with Crippen LogP contribution < -0.4 is 25.8 Å². The minimum absolute atomic E-state index is 0.00811. The summed E-state index contributed by atoms with van der Waals surface area (Å²) in [4.78, 5) is 82.1. The Bertz CT molecular complexity index is 2820. The first-order valence-corrected chi connectivity index (χ1v) is 27.3. The molecule has 420 valence electrons. The Hall–Kier alpha value is -5.14. The van der Waals surface area contributed by atoms with Crippen LogP contribution in [0.1, 0.15) is 16.7 Å². The summed E-state index contributed by atoms with van der Waals surface area (Å²) in [5.41, 5.74) is 9.50. The summed E-state index contributed by atoms with van der Waals surface area (Å²) in [6.07, 6.45) is 0. The molecular weight excluding hydrogens is 1120 g/mol. The van der Waals surface area contributed by atoms with E-state index in [1.165, 1.54) is 44.9 Å². The molecule has 7 rings (SSSR count). The Labute approximate surface area is 474 Å². The van der Waals surface area contributed by atoms with E-state index in [-0.39, 0.29) is 105 Å². The van der Waals surface area contributed by atoms with Crippen molar-refractivity contribution in [3.8, 4) is 0 Å². The van der Waals surface area contributed by atoms with Crippen molar-refractivity contribution in [3.05, 3.63) is 116 Å². The molecule has 6 amide bonds. The maximum Gasteiger partial charge on any atom is 0.248 e. The van der Waals surface area contributed by atoms with E-state index in [0.717, 1.165) is 32.4 Å². The van der Waals surface area contributed by atoms with E-state index < -0.39 is 22.5 Å². The molecule has 0 unspecified atom stereocenters. The van der Waals surface area contributed by atoms with Gasteiger partial charge in [0.1, 0.15) is 45.5 Å². The third kappa shape index (κ3) is 17.9. The van der Waals surface area contributed by atoms with Crippen molar-refractivity contribution in [2.24, 2.45) is 5.73 Å². The molecule has 3 N–H and O–H groups in total. The number of anilines is 3. The highest BCUT2D eigenvalue weighted by atomic mass is 35.5. The lowest BCUT2D eigenvalue weighted by molar-refractivity contribution is -0.132. The van der Waals surface area contributed by atoms with Crippen LogP contribution in [-0.4, -0.2) is 182 Å². The van der Waals surface area contributed by atoms with Crippen LogP contribution in [0, 0.1) is 20.8 Å². The van der Waals surface area contributed by atoms with Crippen LogP contribution in [0.5, 0.6) is 0 Å². The van der Waals surface area contributed by atoms with Crippen LogP contribution >= 0.6 is 58.0 Å². The summed E-state index contributed by atoms with van der Waals surface area (Å²) < 4.78 is 41.8. The average Bonchev–Trinajstić information content (AvgIpc) is 4.14. The van der Waals surface area contributed by atoms with Gasteiger partial charge in [-0.2, -0.15) is 4.31 Å². The van der Waals surface area contributed by atoms with E-state index in [4.69, 9.17) is 73.2 Å². The second-order valence-corrected chi connectivity index (χ2v) is 21.1. The number of carbonyl (C=O) groups excluding carboxylic acids is 6. The first-order valence-electron chi connectivity index (χ1n) is 23.8. The molecule has 20 nitrogen and oxygen atoms in total. The van der Waals surface area contributed by atoms with E-state index >= 15 is 0 Å². The Balaban J connectivity index is 0.000000248. The Kier molecular flexibility index (Phi) is 26.3. The van der Waals surface area contributed by atoms with Crippen molar-refractivity contribution in [1.29, 1.82) is 0 Å². The molecule has 77 heavy (non-hydrogen) atoms. The van der Waals surface area contributed by atoms with Gasteiger partial charge >= 0.3 is 0 Å². The van der Waals surface area contributed by atoms with Crippen LogP contribution in [0.25, 0.3) is 0 Å². The Morgan fingerprint density at radius 2 is 1.03 bits per heavy atom. The van der Waals surface area contributed by atoms with Gasteiger partial charge in [0.05, 0.1) is 37.8 Å². The normalized spacial score (nSPS) is 14.4. The summed E-state index contributed by atoms with van der Waals surface area (Å²) in [6, 6.07) is 21.8. The van der Waals surface area contributed by atoms with Crippen molar-refractivity contribution in [1.82, 2.24) is 24.3 Å². The third-order valence-corrected chi connectivity index (χ3v) is 15.5. The number of nitrogens with two attached hydrogens (primary N) is 1. The Morgan fingerprint density at radius 3 is 1.42 bits per heavy atom. The van der Waals surface area contributed by atoms with E-state index in [1.54, 1.807) is 79.5 Å². The van der Waals surface area contributed by atoms with Gasteiger partial charge in [0.15, 0.2) is 0 Å². The van der Waals surface area contributed by atoms with E-state index in [9.17, 15) is 37.2 Å². The highest BCUT2D eigenvalue weighted by Gasteiger charge is 2.37. The number of benzene rings is 4. The number of alkyl halides is 1. The summed E-state index contributed by atoms with van der Waals surface area (Å²) in [5, 5.41) is 4.97. The number of halogens is 5. The van der Waals surface area contributed by atoms with Crippen molar-refractivity contribution < 1.29 is 51.4 Å². The van der Waals surface area contributed by atoms with Crippen LogP contribution in [-0.2, 0) is 53.0 Å². The molecule has 0 saturated carbocycles. The van der Waals surface area contributed by atoms with Gasteiger partial charge in [0, 0.05) is 78.1 Å². The predicted molar refractivity (Wildman–Crippen MR) is 299 cm³/mol. The third-order valence-electron chi connectivity index (χ3n) is 12.0. The van der Waals surface area contributed by atoms with Gasteiger partial charge in [-0.3, -0.25) is 43.5 Å². The number of nitrogens with one attached hydrogen (secondary N) is 1. The molecule has 3 aliphatic rings. The maximum atomic E-state index is 13.1. The van der Waals surface area contributed by atoms with Gasteiger partial charge in [0.25, 0.3) is 0 Å². The lowest BCUT2D eigenvalue weighted by Gasteiger charge is -2.25. The van der Waals surface area contributed by atoms with Crippen molar-refractivity contribution >= 4 is 121 Å². The maximum absolute atomic E-state index is 13.1. The quantitative estimate of drug-likeness (QED) is 0.0942. The zero-order valence-electron chi connectivity index (χ0n) is 43.6. The van der Waals surface area contributed by atoms with Crippen LogP contribution in [0.3, 0.4) is 0 Å². The minimum Gasteiger partial charge on any atom is -0.383 e. The van der Waals surface area contributed by atoms with Crippen LogP contribution in [0.4, 0.5) is 17.1 Å². The predicted octanol–water partition coefficient (Wildman–Crippen LogP) is 5.40. The van der Waals surface area contributed by atoms with E-state index in [0.29, 0.717) is 47.1 Å². The highest BCUT2D eigenvalue weighted by Crippen LogP contribution is 2.32. The minimum atomic E-state index is -4.01. The number of amides is 6. The first kappa shape index (κ1) is 64.4. The van der Waals surface area contributed by atoms with E-state index in [2.05, 4.69) is 10.1 Å². The molecule has 0 atom stereocenters. The fraction of sp³-hybridized carbons (Fsp3) is 0.412. The van der Waals surface area contributed by atoms with Crippen LogP contribution in [0.15, 0.2) is 83.8 Å². The second-order valence-electron chi connectivity index (χ2n) is 17.2. The molecule has 26 heteroatoms. The summed E-state index contributed by atoms with van der Waals surface area (Å²) in [7, 11) is 0.671. The molecule has 3 heterocycles. The van der Waals surface area contributed by atoms with Gasteiger partial charge in [-0.25, -0.2) is 8.42 Å². The molecule has 4 aromatic rings. The molecule has 0 aromatic heterocycles. The van der Waals surface area contributed by atoms with Crippen LogP contribution in [0.2, 0.25) is 20.1 Å². The molecule has 3 aliphatic heterocycles. The standard InChI is InChI=1S/C21H23Cl2N3O5S.C15H20ClN3O3.C12H12Cl2N2O2.C3H9NO/c1-15-18(23)7-4-8-19(15)26-14-24(12-21(26)28)20(27)13-25(9-10-31-2)32(29,30)17-6-3-5-16(22)11-17;1-11-12(16)4-3-5-13(11)19-10-18(9-15(19)21)14(20)8-17-6-7-22-2;1-8-9(14)3-2-4-10(8)16-7-15(6-12(16)18)11(17)5-13;1-5-3-2-4/h3-8,11H,9-10,12-14H2,1-2H3;3-5,17H,6-10H2,1-2H3;2-4H,5-7H2,1H3;2-4H2,1H3. The van der Waals surface area contributed by atoms with Gasteiger partial charge in [-0.1, -0.05) is 70.7 Å². The monoisotopic (exact) mass is 1190 g/mol. The van der Waals surface area contributed by atoms with Gasteiger partial charge in [0.2, 0.25) is 45.5 Å². The molecule has 3 fully saturated rings. The number of carbonyl (C=O) groups is 6. The molecular formula is C51H64Cl5N9O11S. The molecule has 0 bridgehead atoms. The lowest BCUT2D eigenvalue weighted by atomic mass is 10.2. The SMILES string of the molecule is COCCN.COCCN(CC(=O)N1CC(=O)N(c2cccc(Cl)c2C)C1)S(=O)(=O)c1cccc(Cl)c1.COCCNCC(=O)N1CC(=O)N(c2cccc(Cl)c2C)C1.Cc1c(Cl)cccc1N1CN(C(=O)CCl)CC1=O. The molecule has 4 aromatic carbocycles. The number of rotatable bonds is 18. The number of ether oxygens (including phenoxy) is 3. The number of sulfonamides is 1. The van der Waals surface area contributed by atoms with Crippen molar-refractivity contribution in [2.75, 3.05) is 134 Å². The van der Waals surface area contributed by atoms with E-state index in [1.807, 2.05) is 26.0 Å². The topological polar surface area (TPSA) is 225 Å². The van der Waals surface area contributed by atoms with Crippen molar-refractivity contribution in [3.63, 3.8) is 0 Å². The van der Waals surface area contributed by atoms with Gasteiger partial charge in [-0.05, 0) is 92.1 Å². The second kappa shape index (κ2) is 31.5. The zero-order chi connectivity index (χ0) is 57.0. The smallest absolute Gasteiger partial charge is 0.248 e. The largest absolute Gasteiger partial charge is 0.383 e. The number of methoxy groups -OCH3 is 3. The number of nitrogens with zero attached hydrogens (tertiary/aromatic N) is 7. The zero-order valence-corrected chi connectivity index (χ0v) is 48.2. The first-order chi connectivity index (χ1) is 36.6. The van der Waals surface area contributed by atoms with Gasteiger partial charge in [-0.15, -0.1) is 11.6 Å². The fourth-order valence-corrected chi connectivity index (χ4v) is 9.98. The number of hydrogen-bond donors (Lipinski definition) is 2. The molecule has 0 radical (unpaired) electrons. The fourth-order valence-electron chi connectivity index (χ4n) is 7.63. The average molecular weight is 1190 g/mol. The summed E-state index contributed by atoms with van der Waals surface area (Å²) in [5.74, 6) is -1.46. The summed E-state index contributed by atoms with van der Waals surface area (Å²) in [6.45, 7) is 8.25. The molecule has 3 saturated heterocycles. The summed E-state index contributed by atoms with van der Waals surface area (Å²) >= 11 is 29.7.